The quantitative estimate of drug-likeness (QED) is 0.182. The number of rotatable bonds is 10. The zero-order valence-corrected chi connectivity index (χ0v) is 24.3. The Morgan fingerprint density at radius 1 is 0.864 bits per heavy atom. The van der Waals surface area contributed by atoms with Crippen molar-refractivity contribution in [1.29, 1.82) is 0 Å². The van der Waals surface area contributed by atoms with Crippen molar-refractivity contribution in [2.45, 2.75) is 19.5 Å². The van der Waals surface area contributed by atoms with Crippen molar-refractivity contribution in [2.75, 3.05) is 17.7 Å². The highest BCUT2D eigenvalue weighted by Gasteiger charge is 2.18. The Morgan fingerprint density at radius 3 is 2.34 bits per heavy atom. The molecule has 4 aromatic carbocycles. The van der Waals surface area contributed by atoms with Gasteiger partial charge in [-0.25, -0.2) is 9.07 Å². The summed E-state index contributed by atoms with van der Waals surface area (Å²) >= 11 is 0. The minimum atomic E-state index is -0.495. The van der Waals surface area contributed by atoms with Crippen molar-refractivity contribution in [3.63, 3.8) is 0 Å². The number of nitrogens with one attached hydrogen (secondary N) is 3. The highest BCUT2D eigenvalue weighted by Crippen LogP contribution is 2.23. The fourth-order valence-corrected chi connectivity index (χ4v) is 4.61. The molecule has 1 atom stereocenters. The molecule has 3 N–H and O–H groups in total. The lowest BCUT2D eigenvalue weighted by Crippen LogP contribution is -2.36. The van der Waals surface area contributed by atoms with Crippen molar-refractivity contribution >= 4 is 29.3 Å². The Labute approximate surface area is 254 Å². The topological polar surface area (TPSA) is 97.2 Å². The van der Waals surface area contributed by atoms with E-state index in [4.69, 9.17) is 0 Å². The van der Waals surface area contributed by atoms with Gasteiger partial charge in [-0.2, -0.15) is 0 Å². The maximum atomic E-state index is 13.7. The van der Waals surface area contributed by atoms with Gasteiger partial charge < -0.3 is 16.0 Å². The summed E-state index contributed by atoms with van der Waals surface area (Å²) in [5.41, 5.74) is 4.52. The van der Waals surface area contributed by atoms with Gasteiger partial charge in [0.15, 0.2) is 0 Å². The van der Waals surface area contributed by atoms with Gasteiger partial charge in [0.25, 0.3) is 5.56 Å². The average Bonchev–Trinajstić information content (AvgIpc) is 3.34. The summed E-state index contributed by atoms with van der Waals surface area (Å²) in [5, 5.41) is 8.46. The monoisotopic (exact) mass is 589 g/mol. The van der Waals surface area contributed by atoms with E-state index < -0.39 is 6.04 Å². The number of likely N-dealkylation sites (N-methyl/N-ethyl adjacent to an activating group) is 1. The Morgan fingerprint density at radius 2 is 1.59 bits per heavy atom. The molecule has 0 unspecified atom stereocenters. The van der Waals surface area contributed by atoms with E-state index in [-0.39, 0.29) is 35.4 Å². The SMILES string of the molecule is CN[C@@H](C)C(=O)Nc1cn(-c2cccc(-c3ccccc3)c2)n(Cc2cccc(NC(=O)/C=C/c3ccc(F)cc3)c2)c1=O. The van der Waals surface area contributed by atoms with Crippen molar-refractivity contribution in [2.24, 2.45) is 0 Å². The minimum absolute atomic E-state index is 0.151. The summed E-state index contributed by atoms with van der Waals surface area (Å²) in [4.78, 5) is 38.9. The lowest BCUT2D eigenvalue weighted by molar-refractivity contribution is -0.117. The number of aromatic nitrogens is 2. The van der Waals surface area contributed by atoms with Gasteiger partial charge in [0.2, 0.25) is 11.8 Å². The van der Waals surface area contributed by atoms with Crippen LogP contribution in [-0.4, -0.2) is 34.3 Å². The first kappa shape index (κ1) is 29.9. The normalized spacial score (nSPS) is 11.8. The molecule has 1 aromatic heterocycles. The molecule has 0 saturated heterocycles. The molecule has 9 heteroatoms. The maximum absolute atomic E-state index is 13.7. The molecule has 0 aliphatic rings. The number of hydrogen-bond acceptors (Lipinski definition) is 4. The largest absolute Gasteiger partial charge is 0.323 e. The Kier molecular flexibility index (Phi) is 9.27. The van der Waals surface area contributed by atoms with Crippen LogP contribution in [0.2, 0.25) is 0 Å². The summed E-state index contributed by atoms with van der Waals surface area (Å²) in [6.07, 6.45) is 4.59. The molecule has 0 fully saturated rings. The molecule has 44 heavy (non-hydrogen) atoms. The number of anilines is 2. The van der Waals surface area contributed by atoms with E-state index in [1.54, 1.807) is 65.9 Å². The summed E-state index contributed by atoms with van der Waals surface area (Å²) in [6, 6.07) is 30.2. The van der Waals surface area contributed by atoms with E-state index >= 15 is 0 Å². The van der Waals surface area contributed by atoms with Crippen LogP contribution in [0.4, 0.5) is 15.8 Å². The summed E-state index contributed by atoms with van der Waals surface area (Å²) in [6.45, 7) is 1.88. The molecule has 8 nitrogen and oxygen atoms in total. The van der Waals surface area contributed by atoms with E-state index in [0.717, 1.165) is 22.4 Å². The van der Waals surface area contributed by atoms with Gasteiger partial charge in [-0.3, -0.25) is 19.1 Å². The first-order valence-corrected chi connectivity index (χ1v) is 14.1. The van der Waals surface area contributed by atoms with Gasteiger partial charge >= 0.3 is 0 Å². The predicted octanol–water partition coefficient (Wildman–Crippen LogP) is 5.69. The standard InChI is InChI=1S/C35H32FN5O3/c1-24(37-2)34(43)39-32-23-40(31-13-7-11-28(21-31)27-9-4-3-5-10-27)41(35(32)44)22-26-8-6-12-30(20-26)38-33(42)19-16-25-14-17-29(36)18-15-25/h3-21,23-24,37H,22H2,1-2H3,(H,38,42)(H,39,43)/b19-16+/t24-/m0/s1. The molecule has 0 spiro atoms. The van der Waals surface area contributed by atoms with Gasteiger partial charge in [0.05, 0.1) is 24.5 Å². The molecule has 5 rings (SSSR count). The fraction of sp³-hybridized carbons (Fsp3) is 0.114. The van der Waals surface area contributed by atoms with Crippen LogP contribution >= 0.6 is 0 Å². The molecule has 0 bridgehead atoms. The van der Waals surface area contributed by atoms with Gasteiger partial charge in [0, 0.05) is 11.8 Å². The highest BCUT2D eigenvalue weighted by molar-refractivity contribution is 6.02. The van der Waals surface area contributed by atoms with E-state index in [2.05, 4.69) is 16.0 Å². The summed E-state index contributed by atoms with van der Waals surface area (Å²) < 4.78 is 16.4. The fourth-order valence-electron chi connectivity index (χ4n) is 4.61. The Hall–Kier alpha value is -5.54. The van der Waals surface area contributed by atoms with Crippen LogP contribution in [0.15, 0.2) is 120 Å². The molecule has 0 radical (unpaired) electrons. The third-order valence-electron chi connectivity index (χ3n) is 7.10. The first-order valence-electron chi connectivity index (χ1n) is 14.1. The number of carbonyl (C=O) groups excluding carboxylic acids is 2. The van der Waals surface area contributed by atoms with E-state index in [0.29, 0.717) is 11.3 Å². The number of halogens is 1. The smallest absolute Gasteiger partial charge is 0.291 e. The van der Waals surface area contributed by atoms with Crippen LogP contribution in [-0.2, 0) is 16.1 Å². The van der Waals surface area contributed by atoms with Crippen molar-refractivity contribution in [3.05, 3.63) is 143 Å². The van der Waals surface area contributed by atoms with Crippen LogP contribution in [0.3, 0.4) is 0 Å². The van der Waals surface area contributed by atoms with Crippen LogP contribution < -0.4 is 21.5 Å². The highest BCUT2D eigenvalue weighted by atomic mass is 19.1. The molecule has 0 saturated carbocycles. The molecule has 222 valence electrons. The molecular weight excluding hydrogens is 557 g/mol. The van der Waals surface area contributed by atoms with Crippen LogP contribution in [0.25, 0.3) is 22.9 Å². The minimum Gasteiger partial charge on any atom is -0.323 e. The summed E-state index contributed by atoms with van der Waals surface area (Å²) in [7, 11) is 1.67. The lowest BCUT2D eigenvalue weighted by atomic mass is 10.1. The van der Waals surface area contributed by atoms with Gasteiger partial charge in [-0.1, -0.05) is 66.7 Å². The lowest BCUT2D eigenvalue weighted by Gasteiger charge is -2.14. The number of benzene rings is 4. The third kappa shape index (κ3) is 7.26. The second-order valence-electron chi connectivity index (χ2n) is 10.2. The van der Waals surface area contributed by atoms with E-state index in [9.17, 15) is 18.8 Å². The molecular formula is C35H32FN5O3. The second kappa shape index (κ2) is 13.6. The third-order valence-corrected chi connectivity index (χ3v) is 7.10. The van der Waals surface area contributed by atoms with Gasteiger partial charge in [-0.15, -0.1) is 0 Å². The number of amides is 2. The molecule has 2 amide bonds. The van der Waals surface area contributed by atoms with Crippen molar-refractivity contribution in [1.82, 2.24) is 14.7 Å². The first-order chi connectivity index (χ1) is 21.3. The van der Waals surface area contributed by atoms with Gasteiger partial charge in [0.1, 0.15) is 11.5 Å². The Balaban J connectivity index is 1.44. The molecule has 0 aliphatic heterocycles. The zero-order valence-electron chi connectivity index (χ0n) is 24.3. The van der Waals surface area contributed by atoms with Crippen LogP contribution in [0.1, 0.15) is 18.1 Å². The molecule has 5 aromatic rings. The molecule has 0 aliphatic carbocycles. The Bertz CT molecular complexity index is 1860. The van der Waals surface area contributed by atoms with Crippen LogP contribution in [0, 0.1) is 5.82 Å². The van der Waals surface area contributed by atoms with Crippen molar-refractivity contribution in [3.8, 4) is 16.8 Å². The zero-order chi connectivity index (χ0) is 31.1. The number of hydrogen-bond donors (Lipinski definition) is 3. The van der Waals surface area contributed by atoms with E-state index in [1.165, 1.54) is 18.2 Å². The average molecular weight is 590 g/mol. The molecule has 1 heterocycles. The predicted molar refractivity (Wildman–Crippen MR) is 172 cm³/mol. The number of carbonyl (C=O) groups is 2. The van der Waals surface area contributed by atoms with Crippen LogP contribution in [0.5, 0.6) is 0 Å². The van der Waals surface area contributed by atoms with E-state index in [1.807, 2.05) is 60.7 Å². The summed E-state index contributed by atoms with van der Waals surface area (Å²) in [5.74, 6) is -1.03. The second-order valence-corrected chi connectivity index (χ2v) is 10.2. The maximum Gasteiger partial charge on any atom is 0.291 e. The van der Waals surface area contributed by atoms with Crippen molar-refractivity contribution < 1.29 is 14.0 Å². The number of nitrogens with zero attached hydrogens (tertiary/aromatic N) is 2. The van der Waals surface area contributed by atoms with Gasteiger partial charge in [-0.05, 0) is 78.7 Å².